The predicted octanol–water partition coefficient (Wildman–Crippen LogP) is 6.20. The Hall–Kier alpha value is -3.55. The number of amides is 3. The van der Waals surface area contributed by atoms with E-state index in [4.69, 9.17) is 4.74 Å². The molecule has 0 aliphatic rings. The van der Waals surface area contributed by atoms with Crippen LogP contribution >= 0.6 is 0 Å². The number of aryl methyl sites for hydroxylation is 1. The van der Waals surface area contributed by atoms with Crippen LogP contribution < -0.4 is 10.6 Å². The number of hydrogen-bond donors (Lipinski definition) is 3. The van der Waals surface area contributed by atoms with Gasteiger partial charge in [0.1, 0.15) is 23.4 Å². The van der Waals surface area contributed by atoms with Crippen LogP contribution in [0.2, 0.25) is 0 Å². The minimum Gasteiger partial charge on any atom is -0.508 e. The molecule has 2 aromatic carbocycles. The van der Waals surface area contributed by atoms with Gasteiger partial charge in [-0.25, -0.2) is 4.79 Å². The molecule has 0 aliphatic heterocycles. The van der Waals surface area contributed by atoms with E-state index >= 15 is 0 Å². The highest BCUT2D eigenvalue weighted by molar-refractivity contribution is 5.92. The maximum Gasteiger partial charge on any atom is 0.408 e. The Morgan fingerprint density at radius 1 is 0.927 bits per heavy atom. The fourth-order valence-electron chi connectivity index (χ4n) is 4.64. The quantitative estimate of drug-likeness (QED) is 0.222. The highest BCUT2D eigenvalue weighted by Crippen LogP contribution is 2.27. The number of hydrogen-bond acceptors (Lipinski definition) is 5. The third kappa shape index (κ3) is 11.5. The van der Waals surface area contributed by atoms with E-state index in [-0.39, 0.29) is 24.0 Å². The van der Waals surface area contributed by atoms with Crippen molar-refractivity contribution in [1.29, 1.82) is 0 Å². The van der Waals surface area contributed by atoms with Crippen molar-refractivity contribution in [2.24, 2.45) is 0 Å². The van der Waals surface area contributed by atoms with Crippen LogP contribution in [0.3, 0.4) is 0 Å². The smallest absolute Gasteiger partial charge is 0.408 e. The van der Waals surface area contributed by atoms with Crippen LogP contribution in [-0.2, 0) is 20.7 Å². The first-order valence-corrected chi connectivity index (χ1v) is 14.9. The molecule has 3 N–H and O–H groups in total. The zero-order chi connectivity index (χ0) is 30.4. The van der Waals surface area contributed by atoms with Crippen molar-refractivity contribution in [3.8, 4) is 5.75 Å². The van der Waals surface area contributed by atoms with Gasteiger partial charge in [-0.2, -0.15) is 0 Å². The second kappa shape index (κ2) is 16.7. The highest BCUT2D eigenvalue weighted by Gasteiger charge is 2.36. The van der Waals surface area contributed by atoms with E-state index in [0.29, 0.717) is 19.5 Å². The fourth-order valence-corrected chi connectivity index (χ4v) is 4.64. The minimum absolute atomic E-state index is 0.109. The van der Waals surface area contributed by atoms with E-state index in [2.05, 4.69) is 24.5 Å². The Kier molecular flexibility index (Phi) is 13.7. The molecule has 0 saturated heterocycles. The van der Waals surface area contributed by atoms with Crippen LogP contribution in [0.15, 0.2) is 48.5 Å². The highest BCUT2D eigenvalue weighted by atomic mass is 16.6. The Morgan fingerprint density at radius 3 is 2.17 bits per heavy atom. The van der Waals surface area contributed by atoms with Crippen molar-refractivity contribution in [2.75, 3.05) is 13.1 Å². The van der Waals surface area contributed by atoms with Gasteiger partial charge in [-0.1, -0.05) is 75.9 Å². The number of rotatable bonds is 15. The zero-order valence-corrected chi connectivity index (χ0v) is 25.7. The summed E-state index contributed by atoms with van der Waals surface area (Å²) in [5.74, 6) is -0.491. The van der Waals surface area contributed by atoms with E-state index in [1.54, 1.807) is 49.9 Å². The molecule has 0 spiro atoms. The third-order valence-corrected chi connectivity index (χ3v) is 6.77. The zero-order valence-electron chi connectivity index (χ0n) is 25.7. The molecule has 8 heteroatoms. The van der Waals surface area contributed by atoms with Gasteiger partial charge in [-0.05, 0) is 69.4 Å². The number of unbranched alkanes of at least 4 members (excludes halogenated alkanes) is 4. The summed E-state index contributed by atoms with van der Waals surface area (Å²) in [5, 5.41) is 15.6. The largest absolute Gasteiger partial charge is 0.508 e. The molecule has 0 fully saturated rings. The number of ether oxygens (including phenoxy) is 1. The summed E-state index contributed by atoms with van der Waals surface area (Å²) in [4.78, 5) is 42.8. The Morgan fingerprint density at radius 2 is 1.56 bits per heavy atom. The van der Waals surface area contributed by atoms with Crippen LogP contribution in [-0.4, -0.2) is 52.6 Å². The normalized spacial score (nSPS) is 12.7. The minimum atomic E-state index is -0.990. The molecule has 2 aromatic rings. The van der Waals surface area contributed by atoms with Gasteiger partial charge in [-0.3, -0.25) is 9.59 Å². The van der Waals surface area contributed by atoms with Crippen LogP contribution in [0.4, 0.5) is 4.79 Å². The number of benzene rings is 2. The molecule has 2 unspecified atom stereocenters. The monoisotopic (exact) mass is 567 g/mol. The SMILES string of the molecule is CCCCCNC(=O)C(c1ccccc1C)N(CCCCC)C(=O)C(Cc1ccc(O)cc1)NC(=O)OC(C)(C)C. The lowest BCUT2D eigenvalue weighted by atomic mass is 9.96. The Bertz CT molecular complexity index is 1110. The average Bonchev–Trinajstić information content (AvgIpc) is 2.91. The van der Waals surface area contributed by atoms with Gasteiger partial charge < -0.3 is 25.4 Å². The van der Waals surface area contributed by atoms with Crippen molar-refractivity contribution in [2.45, 2.75) is 104 Å². The van der Waals surface area contributed by atoms with E-state index in [1.807, 2.05) is 31.2 Å². The van der Waals surface area contributed by atoms with Crippen molar-refractivity contribution in [1.82, 2.24) is 15.5 Å². The molecule has 2 rings (SSSR count). The van der Waals surface area contributed by atoms with Gasteiger partial charge in [-0.15, -0.1) is 0 Å². The fraction of sp³-hybridized carbons (Fsp3) is 0.545. The van der Waals surface area contributed by atoms with Gasteiger partial charge in [0, 0.05) is 19.5 Å². The van der Waals surface area contributed by atoms with Crippen LogP contribution in [0.1, 0.15) is 95.9 Å². The molecule has 0 aromatic heterocycles. The lowest BCUT2D eigenvalue weighted by Crippen LogP contribution is -2.54. The molecule has 8 nitrogen and oxygen atoms in total. The standard InChI is InChI=1S/C33H49N3O5/c1-7-9-13-21-34-30(38)29(27-16-12-11-15-24(27)3)36(22-14-10-8-2)31(39)28(35-32(40)41-33(4,5)6)23-25-17-19-26(37)20-18-25/h11-12,15-20,28-29,37H,7-10,13-14,21-23H2,1-6H3,(H,34,38)(H,35,40). The first kappa shape index (κ1) is 33.7. The summed E-state index contributed by atoms with van der Waals surface area (Å²) in [6.07, 6.45) is 4.91. The summed E-state index contributed by atoms with van der Waals surface area (Å²) >= 11 is 0. The second-order valence-electron chi connectivity index (χ2n) is 11.6. The van der Waals surface area contributed by atoms with Gasteiger partial charge in [0.25, 0.3) is 0 Å². The molecule has 0 heterocycles. The Balaban J connectivity index is 2.53. The summed E-state index contributed by atoms with van der Waals surface area (Å²) in [6, 6.07) is 12.3. The topological polar surface area (TPSA) is 108 Å². The maximum absolute atomic E-state index is 14.4. The maximum atomic E-state index is 14.4. The van der Waals surface area contributed by atoms with Gasteiger partial charge in [0.2, 0.25) is 11.8 Å². The van der Waals surface area contributed by atoms with Crippen LogP contribution in [0.5, 0.6) is 5.75 Å². The van der Waals surface area contributed by atoms with Gasteiger partial charge in [0.15, 0.2) is 0 Å². The summed E-state index contributed by atoms with van der Waals surface area (Å²) in [5.41, 5.74) is 1.66. The molecule has 0 bridgehead atoms. The average molecular weight is 568 g/mol. The third-order valence-electron chi connectivity index (χ3n) is 6.77. The van der Waals surface area contributed by atoms with E-state index in [0.717, 1.165) is 48.8 Å². The molecule has 2 atom stereocenters. The summed E-state index contributed by atoms with van der Waals surface area (Å²) < 4.78 is 5.50. The molecule has 0 radical (unpaired) electrons. The predicted molar refractivity (Wildman–Crippen MR) is 163 cm³/mol. The van der Waals surface area contributed by atoms with Crippen molar-refractivity contribution >= 4 is 17.9 Å². The lowest BCUT2D eigenvalue weighted by molar-refractivity contribution is -0.142. The van der Waals surface area contributed by atoms with E-state index in [9.17, 15) is 19.5 Å². The van der Waals surface area contributed by atoms with E-state index in [1.165, 1.54) is 0 Å². The Labute approximate surface area is 245 Å². The summed E-state index contributed by atoms with van der Waals surface area (Å²) in [7, 11) is 0. The number of carbonyl (C=O) groups is 3. The molecule has 41 heavy (non-hydrogen) atoms. The first-order valence-electron chi connectivity index (χ1n) is 14.9. The number of phenolic OH excluding ortho intramolecular Hbond substituents is 1. The van der Waals surface area contributed by atoms with E-state index < -0.39 is 23.8 Å². The molecule has 3 amide bonds. The first-order chi connectivity index (χ1) is 19.5. The van der Waals surface area contributed by atoms with Gasteiger partial charge in [0.05, 0.1) is 0 Å². The van der Waals surface area contributed by atoms with Crippen molar-refractivity contribution < 1.29 is 24.2 Å². The molecule has 0 aliphatic carbocycles. The molecule has 226 valence electrons. The second-order valence-corrected chi connectivity index (χ2v) is 11.6. The number of aromatic hydroxyl groups is 1. The van der Waals surface area contributed by atoms with Gasteiger partial charge >= 0.3 is 6.09 Å². The molecule has 0 saturated carbocycles. The summed E-state index contributed by atoms with van der Waals surface area (Å²) in [6.45, 7) is 12.3. The number of carbonyl (C=O) groups excluding carboxylic acids is 3. The molecular formula is C33H49N3O5. The van der Waals surface area contributed by atoms with Crippen LogP contribution in [0.25, 0.3) is 0 Å². The lowest BCUT2D eigenvalue weighted by Gasteiger charge is -2.35. The van der Waals surface area contributed by atoms with Crippen molar-refractivity contribution in [3.63, 3.8) is 0 Å². The molecular weight excluding hydrogens is 518 g/mol. The number of nitrogens with zero attached hydrogens (tertiary/aromatic N) is 1. The van der Waals surface area contributed by atoms with Crippen molar-refractivity contribution in [3.05, 3.63) is 65.2 Å². The number of nitrogens with one attached hydrogen (secondary N) is 2. The number of phenols is 1. The van der Waals surface area contributed by atoms with Crippen LogP contribution in [0, 0.1) is 6.92 Å². The number of alkyl carbamates (subject to hydrolysis) is 1.